The molecule has 45 heavy (non-hydrogen) atoms. The number of rotatable bonds is 11. The number of esters is 2. The van der Waals surface area contributed by atoms with Gasteiger partial charge in [0.05, 0.1) is 28.4 Å². The molecule has 0 saturated carbocycles. The van der Waals surface area contributed by atoms with Crippen molar-refractivity contribution in [3.63, 3.8) is 0 Å². The minimum Gasteiger partial charge on any atom is -0.462 e. The number of anilines is 1. The second kappa shape index (κ2) is 13.2. The number of nitriles is 1. The number of para-hydroxylation sites is 1. The quantitative estimate of drug-likeness (QED) is 0.202. The molecule has 1 fully saturated rings. The van der Waals surface area contributed by atoms with Crippen LogP contribution in [0.2, 0.25) is 0 Å². The molecule has 4 rings (SSSR count). The van der Waals surface area contributed by atoms with Crippen LogP contribution in [0.15, 0.2) is 54.7 Å². The summed E-state index contributed by atoms with van der Waals surface area (Å²) in [5.41, 5.74) is 4.10. The fourth-order valence-electron chi connectivity index (χ4n) is 4.52. The van der Waals surface area contributed by atoms with Crippen LogP contribution in [0.4, 0.5) is 5.69 Å². The van der Waals surface area contributed by atoms with Gasteiger partial charge >= 0.3 is 19.7 Å². The maximum absolute atomic E-state index is 14.2. The van der Waals surface area contributed by atoms with E-state index in [-0.39, 0.29) is 5.75 Å². The molecule has 1 aliphatic rings. The first-order valence-electron chi connectivity index (χ1n) is 14.3. The number of aromatic nitrogens is 2. The smallest absolute Gasteiger partial charge is 0.459 e. The van der Waals surface area contributed by atoms with Gasteiger partial charge in [-0.25, -0.2) is 9.08 Å². The van der Waals surface area contributed by atoms with Gasteiger partial charge in [-0.1, -0.05) is 18.2 Å². The average Bonchev–Trinajstić information content (AvgIpc) is 3.52. The Morgan fingerprint density at radius 3 is 2.51 bits per heavy atom. The zero-order valence-electron chi connectivity index (χ0n) is 25.9. The van der Waals surface area contributed by atoms with Crippen LogP contribution in [0.3, 0.4) is 0 Å². The third-order valence-corrected chi connectivity index (χ3v) is 8.46. The Labute approximate surface area is 260 Å². The number of hydrogen-bond donors (Lipinski definition) is 3. The normalized spacial score (nSPS) is 23.7. The molecule has 1 aromatic carbocycles. The summed E-state index contributed by atoms with van der Waals surface area (Å²) >= 11 is 0. The molecule has 0 unspecified atom stereocenters. The van der Waals surface area contributed by atoms with E-state index in [1.54, 1.807) is 71.0 Å². The molecule has 0 bridgehead atoms. The van der Waals surface area contributed by atoms with Crippen molar-refractivity contribution in [2.75, 3.05) is 12.3 Å². The lowest BCUT2D eigenvalue weighted by molar-refractivity contribution is -0.170. The average molecular weight is 644 g/mol. The van der Waals surface area contributed by atoms with Crippen LogP contribution in [-0.4, -0.2) is 63.2 Å². The van der Waals surface area contributed by atoms with Gasteiger partial charge in [0.2, 0.25) is 5.60 Å². The van der Waals surface area contributed by atoms with Crippen molar-refractivity contribution < 1.29 is 42.5 Å². The van der Waals surface area contributed by atoms with Crippen molar-refractivity contribution in [1.82, 2.24) is 14.7 Å². The zero-order valence-corrected chi connectivity index (χ0v) is 26.8. The number of nitrogens with one attached hydrogen (secondary N) is 1. The molecule has 2 aromatic heterocycles. The van der Waals surface area contributed by atoms with E-state index in [0.717, 1.165) is 0 Å². The van der Waals surface area contributed by atoms with E-state index in [1.807, 2.05) is 6.07 Å². The molecule has 3 aromatic rings. The molecule has 0 aliphatic carbocycles. The van der Waals surface area contributed by atoms with Crippen LogP contribution in [0.5, 0.6) is 5.75 Å². The highest BCUT2D eigenvalue weighted by Crippen LogP contribution is 2.49. The van der Waals surface area contributed by atoms with Crippen molar-refractivity contribution in [3.05, 3.63) is 60.4 Å². The Balaban J connectivity index is 1.71. The van der Waals surface area contributed by atoms with Crippen molar-refractivity contribution in [3.8, 4) is 11.8 Å². The SMILES string of the molecule is CC(C)OC(=O)[C@H](C)N[P@](=O)(OC[C@@]1(C#N)O[C@@H](c2ccc3c(N)ccnn23)[C@H](O)[C@@H]1OC(=O)C(C)(C)C)Oc1ccccc1. The molecule has 3 heterocycles. The lowest BCUT2D eigenvalue weighted by atomic mass is 9.93. The molecule has 6 atom stereocenters. The predicted molar refractivity (Wildman–Crippen MR) is 162 cm³/mol. The molecular weight excluding hydrogens is 605 g/mol. The topological polar surface area (TPSA) is 197 Å². The fraction of sp³-hybridized carbons (Fsp3) is 0.467. The van der Waals surface area contributed by atoms with E-state index < -0.39 is 67.8 Å². The molecule has 0 radical (unpaired) electrons. The number of aliphatic hydroxyl groups is 1. The van der Waals surface area contributed by atoms with Crippen LogP contribution in [0.25, 0.3) is 5.52 Å². The highest BCUT2D eigenvalue weighted by molar-refractivity contribution is 7.52. The van der Waals surface area contributed by atoms with E-state index in [2.05, 4.69) is 10.2 Å². The Morgan fingerprint density at radius 1 is 1.20 bits per heavy atom. The summed E-state index contributed by atoms with van der Waals surface area (Å²) in [7, 11) is -4.48. The molecule has 0 amide bonds. The van der Waals surface area contributed by atoms with Crippen LogP contribution < -0.4 is 15.3 Å². The molecule has 4 N–H and O–H groups in total. The molecule has 1 saturated heterocycles. The molecule has 14 nitrogen and oxygen atoms in total. The maximum Gasteiger partial charge on any atom is 0.459 e. The highest BCUT2D eigenvalue weighted by atomic mass is 31.2. The number of nitrogen functional groups attached to an aromatic ring is 1. The maximum atomic E-state index is 14.2. The van der Waals surface area contributed by atoms with E-state index in [1.165, 1.54) is 29.8 Å². The van der Waals surface area contributed by atoms with E-state index >= 15 is 0 Å². The van der Waals surface area contributed by atoms with Gasteiger partial charge in [-0.15, -0.1) is 0 Å². The number of benzene rings is 1. The minimum absolute atomic E-state index is 0.132. The van der Waals surface area contributed by atoms with E-state index in [9.17, 15) is 24.5 Å². The van der Waals surface area contributed by atoms with Gasteiger partial charge in [-0.2, -0.15) is 15.4 Å². The third-order valence-electron chi connectivity index (χ3n) is 6.84. The lowest BCUT2D eigenvalue weighted by Crippen LogP contribution is -2.50. The van der Waals surface area contributed by atoms with Gasteiger partial charge in [0.15, 0.2) is 6.10 Å². The number of nitrogens with two attached hydrogens (primary N) is 1. The molecule has 242 valence electrons. The van der Waals surface area contributed by atoms with Gasteiger partial charge in [0.25, 0.3) is 0 Å². The Kier molecular flexibility index (Phi) is 9.91. The van der Waals surface area contributed by atoms with Crippen LogP contribution in [0, 0.1) is 16.7 Å². The first-order valence-corrected chi connectivity index (χ1v) is 15.8. The van der Waals surface area contributed by atoms with Gasteiger partial charge in [0, 0.05) is 6.20 Å². The second-order valence-corrected chi connectivity index (χ2v) is 13.7. The van der Waals surface area contributed by atoms with Crippen molar-refractivity contribution in [2.45, 2.75) is 77.6 Å². The Bertz CT molecular complexity index is 1620. The summed E-state index contributed by atoms with van der Waals surface area (Å²) in [5.74, 6) is -1.32. The first kappa shape index (κ1) is 33.9. The van der Waals surface area contributed by atoms with Crippen LogP contribution in [-0.2, 0) is 32.9 Å². The summed E-state index contributed by atoms with van der Waals surface area (Å²) in [6.45, 7) is 8.73. The molecular formula is C30H38N5O9P. The standard InChI is InChI=1S/C30H38N5O9P/c1-18(2)41-27(37)19(3)34-45(39,44-20-10-8-7-9-11-20)40-17-30(16-31)26(42-28(38)29(4,5)6)24(36)25(43-30)23-13-12-22-21(32)14-15-33-35(22)23/h7-15,18-19,24-26,36H,17,32H2,1-6H3,(H,34,39)/t19-,24-,25-,26-,30+,45-/m0/s1. The Morgan fingerprint density at radius 2 is 1.89 bits per heavy atom. The lowest BCUT2D eigenvalue weighted by Gasteiger charge is -2.31. The number of nitrogens with zero attached hydrogens (tertiary/aromatic N) is 3. The van der Waals surface area contributed by atoms with Gasteiger partial charge in [-0.3, -0.25) is 14.1 Å². The Hall–Kier alpha value is -3.99. The summed E-state index contributed by atoms with van der Waals surface area (Å²) in [5, 5.41) is 28.9. The van der Waals surface area contributed by atoms with E-state index in [0.29, 0.717) is 16.9 Å². The van der Waals surface area contributed by atoms with Crippen LogP contribution >= 0.6 is 7.75 Å². The van der Waals surface area contributed by atoms with Crippen molar-refractivity contribution in [2.24, 2.45) is 5.41 Å². The second-order valence-electron chi connectivity index (χ2n) is 12.0. The third kappa shape index (κ3) is 7.46. The summed E-state index contributed by atoms with van der Waals surface area (Å²) in [6, 6.07) is 13.7. The number of hydrogen-bond acceptors (Lipinski definition) is 12. The number of ether oxygens (including phenoxy) is 3. The summed E-state index contributed by atoms with van der Waals surface area (Å²) in [4.78, 5) is 25.6. The molecule has 15 heteroatoms. The van der Waals surface area contributed by atoms with Gasteiger partial charge in [0.1, 0.15) is 36.7 Å². The number of carbonyl (C=O) groups is 2. The van der Waals surface area contributed by atoms with Gasteiger partial charge in [-0.05, 0) is 71.9 Å². The van der Waals surface area contributed by atoms with Gasteiger partial charge < -0.3 is 29.6 Å². The number of aliphatic hydroxyl groups excluding tert-OH is 1. The number of fused-ring (bicyclic) bond motifs is 1. The van der Waals surface area contributed by atoms with E-state index in [4.69, 9.17) is 29.0 Å². The minimum atomic E-state index is -4.48. The van der Waals surface area contributed by atoms with Crippen molar-refractivity contribution in [1.29, 1.82) is 5.26 Å². The monoisotopic (exact) mass is 643 g/mol. The first-order chi connectivity index (χ1) is 21.1. The van der Waals surface area contributed by atoms with Crippen LogP contribution in [0.1, 0.15) is 53.3 Å². The fourth-order valence-corrected chi connectivity index (χ4v) is 6.04. The molecule has 1 aliphatic heterocycles. The predicted octanol–water partition coefficient (Wildman–Crippen LogP) is 3.70. The van der Waals surface area contributed by atoms with Crippen molar-refractivity contribution >= 4 is 30.9 Å². The number of carbonyl (C=O) groups excluding carboxylic acids is 2. The highest BCUT2D eigenvalue weighted by Gasteiger charge is 2.60. The molecule has 0 spiro atoms. The largest absolute Gasteiger partial charge is 0.462 e. The summed E-state index contributed by atoms with van der Waals surface area (Å²) < 4.78 is 44.2. The summed E-state index contributed by atoms with van der Waals surface area (Å²) in [6.07, 6.45) is -3.45. The zero-order chi connectivity index (χ0) is 33.2.